The lowest BCUT2D eigenvalue weighted by Gasteiger charge is -2.13. The van der Waals surface area contributed by atoms with Crippen molar-refractivity contribution in [2.45, 2.75) is 13.5 Å². The van der Waals surface area contributed by atoms with Crippen molar-refractivity contribution in [3.05, 3.63) is 112 Å². The highest BCUT2D eigenvalue weighted by Gasteiger charge is 2.15. The number of rotatable bonds is 8. The number of carbonyl (C=O) groups excluding carboxylic acids is 2. The number of benzene rings is 4. The van der Waals surface area contributed by atoms with Crippen LogP contribution in [0.2, 0.25) is 0 Å². The van der Waals surface area contributed by atoms with Crippen LogP contribution in [0.1, 0.15) is 28.4 Å². The molecule has 1 amide bonds. The molecule has 0 fully saturated rings. The van der Waals surface area contributed by atoms with Crippen molar-refractivity contribution in [1.82, 2.24) is 0 Å². The summed E-state index contributed by atoms with van der Waals surface area (Å²) in [4.78, 5) is 24.9. The van der Waals surface area contributed by atoms with Gasteiger partial charge < -0.3 is 14.8 Å². The van der Waals surface area contributed by atoms with E-state index in [-0.39, 0.29) is 12.2 Å². The lowest BCUT2D eigenvalue weighted by Crippen LogP contribution is -2.14. The van der Waals surface area contributed by atoms with Crippen LogP contribution in [-0.4, -0.2) is 18.5 Å². The number of hydrogen-bond donors (Lipinski definition) is 1. The average molecular weight is 555 g/mol. The molecule has 0 saturated heterocycles. The first kappa shape index (κ1) is 25.7. The number of halogens is 1. The molecule has 0 aliphatic carbocycles. The van der Waals surface area contributed by atoms with E-state index in [0.29, 0.717) is 29.2 Å². The number of esters is 1. The fourth-order valence-corrected chi connectivity index (χ4v) is 4.12. The molecule has 0 bridgehead atoms. The van der Waals surface area contributed by atoms with Crippen LogP contribution in [0.4, 0.5) is 5.69 Å². The lowest BCUT2D eigenvalue weighted by molar-refractivity contribution is -0.112. The lowest BCUT2D eigenvalue weighted by atomic mass is 10.0. The van der Waals surface area contributed by atoms with Gasteiger partial charge in [-0.25, -0.2) is 4.79 Å². The Hall–Kier alpha value is -4.41. The van der Waals surface area contributed by atoms with E-state index in [2.05, 4.69) is 21.2 Å². The predicted molar refractivity (Wildman–Crippen MR) is 147 cm³/mol. The van der Waals surface area contributed by atoms with Gasteiger partial charge in [0.2, 0.25) is 0 Å². The second kappa shape index (κ2) is 12.0. The van der Waals surface area contributed by atoms with Crippen molar-refractivity contribution in [1.29, 1.82) is 5.26 Å². The molecular weight excluding hydrogens is 532 g/mol. The second-order valence-corrected chi connectivity index (χ2v) is 8.85. The average Bonchev–Trinajstić information content (AvgIpc) is 2.92. The number of hydrogen-bond acceptors (Lipinski definition) is 5. The molecule has 0 aromatic heterocycles. The van der Waals surface area contributed by atoms with Gasteiger partial charge in [-0.1, -0.05) is 64.5 Å². The summed E-state index contributed by atoms with van der Waals surface area (Å²) in [5.41, 5.74) is 2.34. The predicted octanol–water partition coefficient (Wildman–Crippen LogP) is 6.90. The number of nitriles is 1. The van der Waals surface area contributed by atoms with Gasteiger partial charge in [-0.2, -0.15) is 5.26 Å². The Kier molecular flexibility index (Phi) is 8.34. The summed E-state index contributed by atoms with van der Waals surface area (Å²) < 4.78 is 12.1. The minimum absolute atomic E-state index is 0.0865. The Bertz CT molecular complexity index is 1520. The van der Waals surface area contributed by atoms with Crippen LogP contribution < -0.4 is 10.1 Å². The molecule has 37 heavy (non-hydrogen) atoms. The number of nitrogens with one attached hydrogen (secondary N) is 1. The van der Waals surface area contributed by atoms with E-state index in [1.54, 1.807) is 37.3 Å². The van der Waals surface area contributed by atoms with E-state index in [4.69, 9.17) is 9.47 Å². The highest BCUT2D eigenvalue weighted by atomic mass is 79.9. The highest BCUT2D eigenvalue weighted by Crippen LogP contribution is 2.31. The van der Waals surface area contributed by atoms with Crippen LogP contribution in [0.3, 0.4) is 0 Å². The molecule has 184 valence electrons. The first-order valence-corrected chi connectivity index (χ1v) is 12.4. The van der Waals surface area contributed by atoms with Gasteiger partial charge in [-0.05, 0) is 60.2 Å². The van der Waals surface area contributed by atoms with Crippen LogP contribution >= 0.6 is 15.9 Å². The third-order valence-corrected chi connectivity index (χ3v) is 6.35. The van der Waals surface area contributed by atoms with Crippen molar-refractivity contribution in [3.63, 3.8) is 0 Å². The zero-order valence-electron chi connectivity index (χ0n) is 20.0. The third-order valence-electron chi connectivity index (χ3n) is 5.58. The van der Waals surface area contributed by atoms with Crippen molar-refractivity contribution in [2.24, 2.45) is 0 Å². The number of carbonyl (C=O) groups is 2. The molecule has 0 radical (unpaired) electrons. The Morgan fingerprint density at radius 1 is 0.973 bits per heavy atom. The molecule has 7 heteroatoms. The van der Waals surface area contributed by atoms with Crippen molar-refractivity contribution >= 4 is 50.3 Å². The van der Waals surface area contributed by atoms with Gasteiger partial charge in [-0.3, -0.25) is 4.79 Å². The topological polar surface area (TPSA) is 88.4 Å². The summed E-state index contributed by atoms with van der Waals surface area (Å²) >= 11 is 3.54. The number of ether oxygens (including phenoxy) is 2. The van der Waals surface area contributed by atoms with E-state index >= 15 is 0 Å². The van der Waals surface area contributed by atoms with Crippen LogP contribution in [0.15, 0.2) is 95.0 Å². The minimum Gasteiger partial charge on any atom is -0.488 e. The van der Waals surface area contributed by atoms with E-state index in [9.17, 15) is 14.9 Å². The van der Waals surface area contributed by atoms with Crippen molar-refractivity contribution < 1.29 is 19.1 Å². The third kappa shape index (κ3) is 6.24. The molecule has 0 aliphatic rings. The van der Waals surface area contributed by atoms with Crippen LogP contribution in [0.25, 0.3) is 16.8 Å². The van der Waals surface area contributed by atoms with Crippen LogP contribution in [-0.2, 0) is 16.1 Å². The summed E-state index contributed by atoms with van der Waals surface area (Å²) in [7, 11) is 0. The first-order chi connectivity index (χ1) is 18.0. The second-order valence-electron chi connectivity index (χ2n) is 8.00. The maximum absolute atomic E-state index is 13.0. The highest BCUT2D eigenvalue weighted by molar-refractivity contribution is 9.10. The van der Waals surface area contributed by atoms with E-state index in [1.165, 1.54) is 0 Å². The number of nitrogens with zero attached hydrogens (tertiary/aromatic N) is 1. The first-order valence-electron chi connectivity index (χ1n) is 11.6. The molecule has 0 unspecified atom stereocenters. The summed E-state index contributed by atoms with van der Waals surface area (Å²) in [6.07, 6.45) is 1.54. The van der Waals surface area contributed by atoms with Gasteiger partial charge >= 0.3 is 5.97 Å². The summed E-state index contributed by atoms with van der Waals surface area (Å²) in [5, 5.41) is 14.4. The number of anilines is 1. The van der Waals surface area contributed by atoms with Crippen molar-refractivity contribution in [2.75, 3.05) is 11.9 Å². The quantitative estimate of drug-likeness (QED) is 0.145. The van der Waals surface area contributed by atoms with Crippen molar-refractivity contribution in [3.8, 4) is 11.8 Å². The Labute approximate surface area is 223 Å². The molecule has 6 nitrogen and oxygen atoms in total. The maximum atomic E-state index is 13.0. The molecular formula is C30H23BrN2O4. The molecule has 1 N–H and O–H groups in total. The largest absolute Gasteiger partial charge is 0.488 e. The van der Waals surface area contributed by atoms with E-state index in [0.717, 1.165) is 20.8 Å². The van der Waals surface area contributed by atoms with Gasteiger partial charge in [0.25, 0.3) is 5.91 Å². The fraction of sp³-hybridized carbons (Fsp3) is 0.100. The standard InChI is InChI=1S/C30H23BrN2O4/c1-2-36-30(35)21-11-14-24(15-12-21)33-29(34)23(18-32)17-26-25-9-5-3-7-20(25)13-16-28(26)37-19-22-8-4-6-10-27(22)31/h3-17H,2,19H2,1H3,(H,33,34)/b23-17+. The summed E-state index contributed by atoms with van der Waals surface area (Å²) in [6.45, 7) is 2.31. The molecule has 0 saturated carbocycles. The zero-order chi connectivity index (χ0) is 26.2. The molecule has 0 spiro atoms. The number of fused-ring (bicyclic) bond motifs is 1. The zero-order valence-corrected chi connectivity index (χ0v) is 21.6. The van der Waals surface area contributed by atoms with Crippen LogP contribution in [0, 0.1) is 11.3 Å². The molecule has 0 aliphatic heterocycles. The Morgan fingerprint density at radius 3 is 2.43 bits per heavy atom. The Balaban J connectivity index is 1.63. The monoisotopic (exact) mass is 554 g/mol. The smallest absolute Gasteiger partial charge is 0.338 e. The van der Waals surface area contributed by atoms with Gasteiger partial charge in [-0.15, -0.1) is 0 Å². The van der Waals surface area contributed by atoms with E-state index in [1.807, 2.05) is 66.7 Å². The summed E-state index contributed by atoms with van der Waals surface area (Å²) in [5.74, 6) is -0.464. The molecule has 0 atom stereocenters. The fourth-order valence-electron chi connectivity index (χ4n) is 3.72. The SMILES string of the molecule is CCOC(=O)c1ccc(NC(=O)/C(C#N)=C/c2c(OCc3ccccc3Br)ccc3ccccc23)cc1. The maximum Gasteiger partial charge on any atom is 0.338 e. The number of amides is 1. The van der Waals surface area contributed by atoms with Gasteiger partial charge in [0.15, 0.2) is 0 Å². The minimum atomic E-state index is -0.573. The Morgan fingerprint density at radius 2 is 1.70 bits per heavy atom. The normalized spacial score (nSPS) is 11.0. The molecule has 4 rings (SSSR count). The van der Waals surface area contributed by atoms with Gasteiger partial charge in [0, 0.05) is 21.3 Å². The van der Waals surface area contributed by atoms with Gasteiger partial charge in [0.05, 0.1) is 12.2 Å². The molecule has 4 aromatic carbocycles. The van der Waals surface area contributed by atoms with Gasteiger partial charge in [0.1, 0.15) is 24.0 Å². The van der Waals surface area contributed by atoms with Crippen LogP contribution in [0.5, 0.6) is 5.75 Å². The summed E-state index contributed by atoms with van der Waals surface area (Å²) in [6, 6.07) is 27.5. The van der Waals surface area contributed by atoms with E-state index < -0.39 is 11.9 Å². The molecule has 0 heterocycles. The molecule has 4 aromatic rings.